The molecule has 50 valence electrons. The molecule has 0 aliphatic rings. The molecule has 0 N–H and O–H groups in total. The van der Waals surface area contributed by atoms with Crippen LogP contribution in [0.1, 0.15) is 12.6 Å². The lowest BCUT2D eigenvalue weighted by atomic mass is 10.3. The summed E-state index contributed by atoms with van der Waals surface area (Å²) in [6, 6.07) is 5.96. The number of hydrogen-bond acceptors (Lipinski definition) is 2. The molecule has 0 atom stereocenters. The maximum Gasteiger partial charge on any atom is 0.0400 e. The van der Waals surface area contributed by atoms with Crippen LogP contribution in [0.15, 0.2) is 24.4 Å². The van der Waals surface area contributed by atoms with Crippen molar-refractivity contribution in [2.24, 2.45) is 0 Å². The van der Waals surface area contributed by atoms with Crippen LogP contribution in [-0.2, 0) is 19.9 Å². The largest absolute Gasteiger partial charge is 0.813 e. The zero-order chi connectivity index (χ0) is 5.82. The summed E-state index contributed by atoms with van der Waals surface area (Å²) in [6.07, 6.45) is 2.85. The van der Waals surface area contributed by atoms with Crippen LogP contribution in [0.4, 0.5) is 0 Å². The highest BCUT2D eigenvalue weighted by Gasteiger charge is 1.81. The predicted molar refractivity (Wildman–Crippen MR) is 42.4 cm³/mol. The minimum absolute atomic E-state index is 0. The monoisotopic (exact) mass is 140 g/mol. The molecule has 0 spiro atoms. The van der Waals surface area contributed by atoms with Crippen LogP contribution in [0.25, 0.3) is 0 Å². The van der Waals surface area contributed by atoms with Crippen molar-refractivity contribution in [3.05, 3.63) is 30.1 Å². The number of nitrogens with zero attached hydrogens (tertiary/aromatic N) is 1. The van der Waals surface area contributed by atoms with Crippen molar-refractivity contribution in [1.82, 2.24) is 4.98 Å². The van der Waals surface area contributed by atoms with Crippen LogP contribution in [0, 0.1) is 0 Å². The topological polar surface area (TPSA) is 12.9 Å². The summed E-state index contributed by atoms with van der Waals surface area (Å²) in [5.41, 5.74) is 1.16. The molecular weight excluding hydrogens is 130 g/mol. The van der Waals surface area contributed by atoms with Gasteiger partial charge in [-0.3, -0.25) is 4.98 Å². The van der Waals surface area contributed by atoms with Gasteiger partial charge in [0, 0.05) is 11.9 Å². The van der Waals surface area contributed by atoms with Crippen molar-refractivity contribution in [2.75, 3.05) is 0 Å². The molecule has 0 fully saturated rings. The summed E-state index contributed by atoms with van der Waals surface area (Å²) in [7, 11) is 0. The Labute approximate surface area is 62.6 Å². The van der Waals surface area contributed by atoms with Crippen LogP contribution in [0.2, 0.25) is 0 Å². The van der Waals surface area contributed by atoms with Gasteiger partial charge in [0.25, 0.3) is 0 Å². The highest BCUT2D eigenvalue weighted by Crippen LogP contribution is 1.91. The summed E-state index contributed by atoms with van der Waals surface area (Å²) in [4.78, 5) is 4.10. The quantitative estimate of drug-likeness (QED) is 0.431. The molecule has 0 saturated carbocycles. The zero-order valence-corrected chi connectivity index (χ0v) is 6.31. The Balaban J connectivity index is 0.000000640. The third kappa shape index (κ3) is 2.51. The fraction of sp³-hybridized carbons (Fsp3) is 0.286. The van der Waals surface area contributed by atoms with Crippen molar-refractivity contribution in [2.45, 2.75) is 13.3 Å². The maximum atomic E-state index is 4.10. The molecule has 1 rings (SSSR count). The Hall–Kier alpha value is -0.500. The van der Waals surface area contributed by atoms with Crippen LogP contribution in [0.3, 0.4) is 0 Å². The second-order valence-electron chi connectivity index (χ2n) is 1.67. The number of hydrogen-bond donors (Lipinski definition) is 0. The summed E-state index contributed by atoms with van der Waals surface area (Å²) in [5, 5.41) is 0. The van der Waals surface area contributed by atoms with Gasteiger partial charge in [0.1, 0.15) is 0 Å². The van der Waals surface area contributed by atoms with Gasteiger partial charge < -0.3 is 13.5 Å². The van der Waals surface area contributed by atoms with Gasteiger partial charge >= 0.3 is 0 Å². The summed E-state index contributed by atoms with van der Waals surface area (Å²) < 4.78 is 0. The normalized spacial score (nSPS) is 8.11. The van der Waals surface area contributed by atoms with Gasteiger partial charge in [0.05, 0.1) is 0 Å². The lowest BCUT2D eigenvalue weighted by Crippen LogP contribution is -1.81. The molecular formula is C7H10NS-. The molecule has 0 aliphatic carbocycles. The fourth-order valence-electron chi connectivity index (χ4n) is 0.607. The van der Waals surface area contributed by atoms with Crippen LogP contribution >= 0.6 is 0 Å². The van der Waals surface area contributed by atoms with E-state index in [1.54, 1.807) is 0 Å². The molecule has 0 bridgehead atoms. The summed E-state index contributed by atoms with van der Waals surface area (Å²) >= 11 is 0. The number of rotatable bonds is 1. The zero-order valence-electron chi connectivity index (χ0n) is 5.41. The molecule has 9 heavy (non-hydrogen) atoms. The first-order chi connectivity index (χ1) is 3.93. The fourth-order valence-corrected chi connectivity index (χ4v) is 0.607. The number of aromatic nitrogens is 1. The first kappa shape index (κ1) is 8.50. The Kier molecular flexibility index (Phi) is 4.14. The Bertz CT molecular complexity index is 150. The Morgan fingerprint density at radius 1 is 1.44 bits per heavy atom. The lowest BCUT2D eigenvalue weighted by molar-refractivity contribution is 1.04. The number of pyridine rings is 1. The second-order valence-corrected chi connectivity index (χ2v) is 1.67. The van der Waals surface area contributed by atoms with E-state index in [2.05, 4.69) is 11.9 Å². The van der Waals surface area contributed by atoms with Crippen LogP contribution in [0.5, 0.6) is 0 Å². The molecule has 1 heterocycles. The SMILES string of the molecule is CCc1ccccn1.[SH-]. The van der Waals surface area contributed by atoms with Crippen molar-refractivity contribution < 1.29 is 0 Å². The van der Waals surface area contributed by atoms with Crippen molar-refractivity contribution in [3.8, 4) is 0 Å². The maximum absolute atomic E-state index is 4.10. The van der Waals surface area contributed by atoms with E-state index in [-0.39, 0.29) is 13.5 Å². The minimum Gasteiger partial charge on any atom is -0.813 e. The molecule has 1 aromatic rings. The minimum atomic E-state index is 0. The van der Waals surface area contributed by atoms with Crippen molar-refractivity contribution in [3.63, 3.8) is 0 Å². The van der Waals surface area contributed by atoms with E-state index >= 15 is 0 Å². The predicted octanol–water partition coefficient (Wildman–Crippen LogP) is 1.37. The number of aryl methyl sites for hydroxylation is 1. The van der Waals surface area contributed by atoms with E-state index in [0.29, 0.717) is 0 Å². The van der Waals surface area contributed by atoms with Gasteiger partial charge in [0.2, 0.25) is 0 Å². The average Bonchev–Trinajstić information content (AvgIpc) is 1.90. The van der Waals surface area contributed by atoms with Gasteiger partial charge in [-0.15, -0.1) is 0 Å². The molecule has 1 nitrogen and oxygen atoms in total. The first-order valence-electron chi connectivity index (χ1n) is 2.83. The average molecular weight is 140 g/mol. The Morgan fingerprint density at radius 2 is 2.22 bits per heavy atom. The van der Waals surface area contributed by atoms with Gasteiger partial charge in [0.15, 0.2) is 0 Å². The Morgan fingerprint density at radius 3 is 2.56 bits per heavy atom. The van der Waals surface area contributed by atoms with E-state index in [0.717, 1.165) is 12.1 Å². The third-order valence-corrected chi connectivity index (χ3v) is 1.09. The molecule has 0 aliphatic heterocycles. The standard InChI is InChI=1S/C7H9N.H2S/c1-2-7-5-3-4-6-8-7;/h3-6H,2H2,1H3;1H2/p-1. The van der Waals surface area contributed by atoms with E-state index in [4.69, 9.17) is 0 Å². The van der Waals surface area contributed by atoms with Crippen LogP contribution in [-0.4, -0.2) is 4.98 Å². The summed E-state index contributed by atoms with van der Waals surface area (Å²) in [5.74, 6) is 0. The third-order valence-electron chi connectivity index (χ3n) is 1.09. The van der Waals surface area contributed by atoms with Gasteiger partial charge in [-0.2, -0.15) is 0 Å². The summed E-state index contributed by atoms with van der Waals surface area (Å²) in [6.45, 7) is 2.10. The van der Waals surface area contributed by atoms with Crippen LogP contribution < -0.4 is 0 Å². The molecule has 0 aromatic carbocycles. The van der Waals surface area contributed by atoms with E-state index in [1.807, 2.05) is 24.4 Å². The molecule has 0 unspecified atom stereocenters. The second kappa shape index (κ2) is 4.39. The van der Waals surface area contributed by atoms with Gasteiger partial charge in [-0.25, -0.2) is 0 Å². The molecule has 2 heteroatoms. The number of thiol groups is 1. The van der Waals surface area contributed by atoms with Gasteiger partial charge in [-0.1, -0.05) is 13.0 Å². The van der Waals surface area contributed by atoms with E-state index in [1.165, 1.54) is 0 Å². The highest BCUT2D eigenvalue weighted by atomic mass is 32.1. The van der Waals surface area contributed by atoms with Crippen molar-refractivity contribution in [1.29, 1.82) is 0 Å². The molecule has 1 aromatic heterocycles. The van der Waals surface area contributed by atoms with E-state index in [9.17, 15) is 0 Å². The smallest absolute Gasteiger partial charge is 0.0400 e. The first-order valence-corrected chi connectivity index (χ1v) is 2.83. The van der Waals surface area contributed by atoms with Gasteiger partial charge in [-0.05, 0) is 18.6 Å². The molecule has 0 saturated heterocycles. The van der Waals surface area contributed by atoms with E-state index < -0.39 is 0 Å². The molecule has 0 amide bonds. The van der Waals surface area contributed by atoms with Crippen molar-refractivity contribution >= 4 is 13.5 Å². The highest BCUT2D eigenvalue weighted by molar-refractivity contribution is 7.37. The lowest BCUT2D eigenvalue weighted by Gasteiger charge is -1.88. The molecule has 0 radical (unpaired) electrons.